The highest BCUT2D eigenvalue weighted by atomic mass is 127. The van der Waals surface area contributed by atoms with E-state index in [0.717, 1.165) is 8.30 Å². The monoisotopic (exact) mass is 455 g/mol. The van der Waals surface area contributed by atoms with E-state index >= 15 is 0 Å². The van der Waals surface area contributed by atoms with Crippen LogP contribution >= 0.6 is 22.6 Å². The molecule has 0 saturated carbocycles. The first-order valence-electron chi connectivity index (χ1n) is 7.48. The van der Waals surface area contributed by atoms with Crippen molar-refractivity contribution >= 4 is 44.7 Å². The summed E-state index contributed by atoms with van der Waals surface area (Å²) < 4.78 is 15.9. The summed E-state index contributed by atoms with van der Waals surface area (Å²) in [5, 5.41) is 13.9. The summed E-state index contributed by atoms with van der Waals surface area (Å²) in [5.41, 5.74) is 0.0198. The number of halogens is 2. The molecule has 0 fully saturated rings. The van der Waals surface area contributed by atoms with Gasteiger partial charge in [-0.25, -0.2) is 4.39 Å². The Morgan fingerprint density at radius 2 is 2.04 bits per heavy atom. The molecule has 0 aliphatic rings. The molecule has 1 aromatic carbocycles. The van der Waals surface area contributed by atoms with Gasteiger partial charge in [0.2, 0.25) is 0 Å². The minimum absolute atomic E-state index is 0.254. The van der Waals surface area contributed by atoms with Gasteiger partial charge in [-0.1, -0.05) is 0 Å². The van der Waals surface area contributed by atoms with Crippen LogP contribution in [0.4, 0.5) is 15.8 Å². The summed E-state index contributed by atoms with van der Waals surface area (Å²) in [4.78, 5) is 21.6. The topological polar surface area (TPSA) is 76.4 Å². The SMILES string of the molecule is CC(C)On1cc2c(Nc3ccc(I)cc3F)cncc2c(O)c1=O. The summed E-state index contributed by atoms with van der Waals surface area (Å²) >= 11 is 2.02. The molecule has 0 radical (unpaired) electrons. The highest BCUT2D eigenvalue weighted by molar-refractivity contribution is 14.1. The Bertz CT molecular complexity index is 1000. The molecule has 0 atom stereocenters. The van der Waals surface area contributed by atoms with Crippen LogP contribution in [-0.4, -0.2) is 20.9 Å². The molecular formula is C17H15FIN3O3. The smallest absolute Gasteiger partial charge is 0.325 e. The molecule has 0 unspecified atom stereocenters. The number of aromatic hydroxyl groups is 1. The molecule has 130 valence electrons. The van der Waals surface area contributed by atoms with Gasteiger partial charge in [0.15, 0.2) is 5.75 Å². The maximum absolute atomic E-state index is 14.1. The van der Waals surface area contributed by atoms with Crippen molar-refractivity contribution in [1.29, 1.82) is 0 Å². The molecule has 0 bridgehead atoms. The average molecular weight is 455 g/mol. The zero-order valence-corrected chi connectivity index (χ0v) is 15.6. The van der Waals surface area contributed by atoms with Gasteiger partial charge in [-0.3, -0.25) is 9.78 Å². The van der Waals surface area contributed by atoms with Gasteiger partial charge < -0.3 is 15.3 Å². The van der Waals surface area contributed by atoms with Gasteiger partial charge in [-0.15, -0.1) is 4.73 Å². The number of hydrogen-bond acceptors (Lipinski definition) is 5. The van der Waals surface area contributed by atoms with Gasteiger partial charge >= 0.3 is 5.56 Å². The van der Waals surface area contributed by atoms with E-state index in [1.54, 1.807) is 26.0 Å². The fraction of sp³-hybridized carbons (Fsp3) is 0.176. The van der Waals surface area contributed by atoms with Crippen LogP contribution < -0.4 is 15.7 Å². The summed E-state index contributed by atoms with van der Waals surface area (Å²) in [5.74, 6) is -0.891. The number of benzene rings is 1. The van der Waals surface area contributed by atoms with Crippen LogP contribution in [0.3, 0.4) is 0 Å². The largest absolute Gasteiger partial charge is 0.502 e. The van der Waals surface area contributed by atoms with Crippen molar-refractivity contribution in [3.8, 4) is 5.75 Å². The standard InChI is InChI=1S/C17H15FIN3O3/c1-9(2)25-22-8-12-11(16(23)17(22)24)6-20-7-15(12)21-14-4-3-10(19)5-13(14)18/h3-9,21,23H,1-2H3. The first kappa shape index (κ1) is 17.5. The molecule has 3 rings (SSSR count). The number of nitrogens with one attached hydrogen (secondary N) is 1. The van der Waals surface area contributed by atoms with E-state index in [9.17, 15) is 14.3 Å². The Balaban J connectivity index is 2.15. The Morgan fingerprint density at radius 3 is 2.72 bits per heavy atom. The van der Waals surface area contributed by atoms with Crippen LogP contribution in [0.5, 0.6) is 5.75 Å². The van der Waals surface area contributed by atoms with Crippen LogP contribution in [-0.2, 0) is 0 Å². The van der Waals surface area contributed by atoms with E-state index in [0.29, 0.717) is 11.1 Å². The summed E-state index contributed by atoms with van der Waals surface area (Å²) in [6.07, 6.45) is 4.05. The second-order valence-corrected chi connectivity index (χ2v) is 6.91. The normalized spacial score (nSPS) is 11.1. The highest BCUT2D eigenvalue weighted by Gasteiger charge is 2.14. The van der Waals surface area contributed by atoms with E-state index < -0.39 is 17.1 Å². The molecule has 25 heavy (non-hydrogen) atoms. The third-order valence-corrected chi connectivity index (χ3v) is 4.09. The minimum atomic E-state index is -0.680. The average Bonchev–Trinajstić information content (AvgIpc) is 2.55. The molecule has 0 aliphatic heterocycles. The molecule has 0 saturated heterocycles. The molecule has 2 heterocycles. The van der Waals surface area contributed by atoms with Gasteiger partial charge in [0, 0.05) is 15.2 Å². The van der Waals surface area contributed by atoms with Crippen molar-refractivity contribution in [3.63, 3.8) is 0 Å². The fourth-order valence-corrected chi connectivity index (χ4v) is 2.79. The number of nitrogens with zero attached hydrogens (tertiary/aromatic N) is 2. The lowest BCUT2D eigenvalue weighted by Gasteiger charge is -2.15. The van der Waals surface area contributed by atoms with E-state index in [4.69, 9.17) is 4.84 Å². The molecule has 3 aromatic rings. The van der Waals surface area contributed by atoms with E-state index in [2.05, 4.69) is 10.3 Å². The predicted octanol–water partition coefficient (Wildman–Crippen LogP) is 3.43. The summed E-state index contributed by atoms with van der Waals surface area (Å²) in [6, 6.07) is 4.77. The Labute approximate surface area is 156 Å². The van der Waals surface area contributed by atoms with Crippen molar-refractivity contribution in [1.82, 2.24) is 9.71 Å². The minimum Gasteiger partial charge on any atom is -0.502 e. The molecular weight excluding hydrogens is 440 g/mol. The quantitative estimate of drug-likeness (QED) is 0.590. The lowest BCUT2D eigenvalue weighted by Crippen LogP contribution is -2.30. The zero-order chi connectivity index (χ0) is 18.1. The van der Waals surface area contributed by atoms with E-state index in [-0.39, 0.29) is 17.2 Å². The number of aromatic nitrogens is 2. The maximum atomic E-state index is 14.1. The van der Waals surface area contributed by atoms with Crippen molar-refractivity contribution < 1.29 is 14.3 Å². The highest BCUT2D eigenvalue weighted by Crippen LogP contribution is 2.29. The second-order valence-electron chi connectivity index (χ2n) is 5.66. The number of anilines is 2. The van der Waals surface area contributed by atoms with Gasteiger partial charge in [0.1, 0.15) is 11.9 Å². The second kappa shape index (κ2) is 6.87. The Hall–Kier alpha value is -2.36. The van der Waals surface area contributed by atoms with Crippen LogP contribution in [0, 0.1) is 9.39 Å². The number of pyridine rings is 2. The van der Waals surface area contributed by atoms with Crippen LogP contribution in [0.1, 0.15) is 13.8 Å². The van der Waals surface area contributed by atoms with Gasteiger partial charge in [-0.05, 0) is 54.6 Å². The van der Waals surface area contributed by atoms with Gasteiger partial charge in [0.25, 0.3) is 0 Å². The van der Waals surface area contributed by atoms with Crippen molar-refractivity contribution in [3.05, 3.63) is 56.5 Å². The third kappa shape index (κ3) is 3.53. The van der Waals surface area contributed by atoms with Crippen LogP contribution in [0.15, 0.2) is 41.6 Å². The summed E-state index contributed by atoms with van der Waals surface area (Å²) in [7, 11) is 0. The van der Waals surface area contributed by atoms with E-state index in [1.807, 2.05) is 22.6 Å². The molecule has 0 amide bonds. The fourth-order valence-electron chi connectivity index (χ4n) is 2.33. The first-order valence-corrected chi connectivity index (χ1v) is 8.56. The van der Waals surface area contributed by atoms with Gasteiger partial charge in [-0.2, -0.15) is 0 Å². The molecule has 6 nitrogen and oxygen atoms in total. The molecule has 0 spiro atoms. The number of rotatable bonds is 4. The Morgan fingerprint density at radius 1 is 1.28 bits per heavy atom. The Kier molecular flexibility index (Phi) is 4.80. The molecule has 2 N–H and O–H groups in total. The molecule has 8 heteroatoms. The van der Waals surface area contributed by atoms with E-state index in [1.165, 1.54) is 24.7 Å². The van der Waals surface area contributed by atoms with Crippen LogP contribution in [0.2, 0.25) is 0 Å². The van der Waals surface area contributed by atoms with Crippen molar-refractivity contribution in [2.45, 2.75) is 20.0 Å². The first-order chi connectivity index (χ1) is 11.9. The third-order valence-electron chi connectivity index (χ3n) is 3.42. The lowest BCUT2D eigenvalue weighted by molar-refractivity contribution is 0.0522. The maximum Gasteiger partial charge on any atom is 0.325 e. The predicted molar refractivity (Wildman–Crippen MR) is 102 cm³/mol. The zero-order valence-electron chi connectivity index (χ0n) is 13.5. The number of hydrogen-bond donors (Lipinski definition) is 2. The van der Waals surface area contributed by atoms with Crippen molar-refractivity contribution in [2.75, 3.05) is 5.32 Å². The molecule has 2 aromatic heterocycles. The molecule has 0 aliphatic carbocycles. The van der Waals surface area contributed by atoms with Crippen molar-refractivity contribution in [2.24, 2.45) is 0 Å². The lowest BCUT2D eigenvalue weighted by atomic mass is 10.2. The number of fused-ring (bicyclic) bond motifs is 1. The van der Waals surface area contributed by atoms with Crippen LogP contribution in [0.25, 0.3) is 10.8 Å². The van der Waals surface area contributed by atoms with Gasteiger partial charge in [0.05, 0.1) is 29.2 Å². The summed E-state index contributed by atoms with van der Waals surface area (Å²) in [6.45, 7) is 3.53.